The molecule has 0 saturated carbocycles. The molecule has 2 atom stereocenters. The SMILES string of the molecule is COC(=O)N1CCN(C)C(C)C1C. The Morgan fingerprint density at radius 3 is 2.46 bits per heavy atom. The number of ether oxygens (including phenoxy) is 1. The molecule has 1 aliphatic rings. The van der Waals surface area contributed by atoms with E-state index < -0.39 is 0 Å². The van der Waals surface area contributed by atoms with Crippen molar-refractivity contribution in [2.24, 2.45) is 0 Å². The van der Waals surface area contributed by atoms with Gasteiger partial charge in [-0.05, 0) is 20.9 Å². The molecule has 1 rings (SSSR count). The summed E-state index contributed by atoms with van der Waals surface area (Å²) in [5, 5.41) is 0. The van der Waals surface area contributed by atoms with E-state index in [0.29, 0.717) is 6.04 Å². The van der Waals surface area contributed by atoms with Crippen molar-refractivity contribution in [3.8, 4) is 0 Å². The molecule has 0 aromatic carbocycles. The fraction of sp³-hybridized carbons (Fsp3) is 0.889. The molecule has 0 aromatic heterocycles. The lowest BCUT2D eigenvalue weighted by atomic mass is 10.1. The monoisotopic (exact) mass is 186 g/mol. The third-order valence-corrected chi connectivity index (χ3v) is 2.99. The maximum Gasteiger partial charge on any atom is 0.409 e. The minimum atomic E-state index is -0.215. The topological polar surface area (TPSA) is 32.8 Å². The van der Waals surface area contributed by atoms with Gasteiger partial charge in [0.15, 0.2) is 0 Å². The van der Waals surface area contributed by atoms with Crippen LogP contribution in [0.4, 0.5) is 4.79 Å². The highest BCUT2D eigenvalue weighted by atomic mass is 16.5. The second-order valence-corrected chi connectivity index (χ2v) is 3.63. The van der Waals surface area contributed by atoms with Crippen molar-refractivity contribution in [1.82, 2.24) is 9.80 Å². The summed E-state index contributed by atoms with van der Waals surface area (Å²) in [4.78, 5) is 15.4. The summed E-state index contributed by atoms with van der Waals surface area (Å²) in [6.07, 6.45) is -0.215. The Bertz CT molecular complexity index is 196. The van der Waals surface area contributed by atoms with Crippen molar-refractivity contribution in [3.63, 3.8) is 0 Å². The highest BCUT2D eigenvalue weighted by Crippen LogP contribution is 2.15. The number of likely N-dealkylation sites (N-methyl/N-ethyl adjacent to an activating group) is 1. The molecule has 0 N–H and O–H groups in total. The van der Waals surface area contributed by atoms with E-state index in [-0.39, 0.29) is 12.1 Å². The van der Waals surface area contributed by atoms with Crippen molar-refractivity contribution in [3.05, 3.63) is 0 Å². The first-order valence-electron chi connectivity index (χ1n) is 4.62. The first-order chi connectivity index (χ1) is 6.07. The molecule has 1 fully saturated rings. The van der Waals surface area contributed by atoms with Crippen molar-refractivity contribution >= 4 is 6.09 Å². The second kappa shape index (κ2) is 3.96. The average Bonchev–Trinajstić information content (AvgIpc) is 2.13. The zero-order chi connectivity index (χ0) is 10.0. The van der Waals surface area contributed by atoms with Gasteiger partial charge < -0.3 is 9.64 Å². The number of methoxy groups -OCH3 is 1. The van der Waals surface area contributed by atoms with E-state index in [1.807, 2.05) is 0 Å². The van der Waals surface area contributed by atoms with Crippen LogP contribution in [-0.2, 0) is 4.74 Å². The second-order valence-electron chi connectivity index (χ2n) is 3.63. The average molecular weight is 186 g/mol. The Hall–Kier alpha value is -0.770. The van der Waals surface area contributed by atoms with Gasteiger partial charge in [0.1, 0.15) is 0 Å². The number of carbonyl (C=O) groups is 1. The summed E-state index contributed by atoms with van der Waals surface area (Å²) >= 11 is 0. The molecule has 4 nitrogen and oxygen atoms in total. The summed E-state index contributed by atoms with van der Waals surface area (Å²) in [6, 6.07) is 0.624. The summed E-state index contributed by atoms with van der Waals surface area (Å²) in [5.74, 6) is 0. The molecule has 0 aromatic rings. The zero-order valence-corrected chi connectivity index (χ0v) is 8.78. The lowest BCUT2D eigenvalue weighted by Crippen LogP contribution is -2.57. The Morgan fingerprint density at radius 2 is 1.92 bits per heavy atom. The minimum absolute atomic E-state index is 0.215. The summed E-state index contributed by atoms with van der Waals surface area (Å²) in [5.41, 5.74) is 0. The highest BCUT2D eigenvalue weighted by Gasteiger charge is 2.31. The molecule has 0 aliphatic carbocycles. The van der Waals surface area contributed by atoms with Crippen LogP contribution in [0, 0.1) is 0 Å². The van der Waals surface area contributed by atoms with Crippen molar-refractivity contribution < 1.29 is 9.53 Å². The Balaban J connectivity index is 2.63. The normalized spacial score (nSPS) is 30.3. The van der Waals surface area contributed by atoms with Gasteiger partial charge in [0.25, 0.3) is 0 Å². The predicted molar refractivity (Wildman–Crippen MR) is 50.7 cm³/mol. The van der Waals surface area contributed by atoms with Crippen molar-refractivity contribution in [2.75, 3.05) is 27.2 Å². The van der Waals surface area contributed by atoms with Crippen LogP contribution in [0.1, 0.15) is 13.8 Å². The quantitative estimate of drug-likeness (QED) is 0.560. The molecule has 0 spiro atoms. The number of carbonyl (C=O) groups excluding carboxylic acids is 1. The van der Waals surface area contributed by atoms with Gasteiger partial charge in [0.2, 0.25) is 0 Å². The molecular formula is C9H18N2O2. The van der Waals surface area contributed by atoms with Crippen LogP contribution >= 0.6 is 0 Å². The van der Waals surface area contributed by atoms with E-state index in [2.05, 4.69) is 25.8 Å². The number of amides is 1. The smallest absolute Gasteiger partial charge is 0.409 e. The molecule has 1 saturated heterocycles. The van der Waals surface area contributed by atoms with Gasteiger partial charge in [-0.25, -0.2) is 4.79 Å². The van der Waals surface area contributed by atoms with Gasteiger partial charge in [0.05, 0.1) is 7.11 Å². The first kappa shape index (κ1) is 10.3. The molecule has 0 bridgehead atoms. The Labute approximate surface area is 79.4 Å². The Kier molecular flexibility index (Phi) is 3.14. The van der Waals surface area contributed by atoms with Crippen LogP contribution < -0.4 is 0 Å². The minimum Gasteiger partial charge on any atom is -0.453 e. The molecular weight excluding hydrogens is 168 g/mol. The van der Waals surface area contributed by atoms with Crippen LogP contribution in [0.25, 0.3) is 0 Å². The van der Waals surface area contributed by atoms with Gasteiger partial charge in [-0.1, -0.05) is 0 Å². The lowest BCUT2D eigenvalue weighted by molar-refractivity contribution is 0.0429. The standard InChI is InChI=1S/C9H18N2O2/c1-7-8(2)11(9(12)13-4)6-5-10(7)3/h7-8H,5-6H2,1-4H3. The van der Waals surface area contributed by atoms with Crippen LogP contribution in [0.15, 0.2) is 0 Å². The van der Waals surface area contributed by atoms with Gasteiger partial charge in [-0.2, -0.15) is 0 Å². The zero-order valence-electron chi connectivity index (χ0n) is 8.78. The molecule has 4 heteroatoms. The van der Waals surface area contributed by atoms with E-state index in [1.165, 1.54) is 7.11 Å². The fourth-order valence-electron chi connectivity index (χ4n) is 1.68. The predicted octanol–water partition coefficient (Wildman–Crippen LogP) is 0.777. The van der Waals surface area contributed by atoms with Crippen molar-refractivity contribution in [2.45, 2.75) is 25.9 Å². The first-order valence-corrected chi connectivity index (χ1v) is 4.62. The molecule has 1 aliphatic heterocycles. The number of hydrogen-bond acceptors (Lipinski definition) is 3. The van der Waals surface area contributed by atoms with Crippen LogP contribution in [0.5, 0.6) is 0 Å². The van der Waals surface area contributed by atoms with Crippen molar-refractivity contribution in [1.29, 1.82) is 0 Å². The van der Waals surface area contributed by atoms with E-state index in [9.17, 15) is 4.79 Å². The van der Waals surface area contributed by atoms with Gasteiger partial charge >= 0.3 is 6.09 Å². The number of nitrogens with zero attached hydrogens (tertiary/aromatic N) is 2. The molecule has 1 heterocycles. The number of rotatable bonds is 0. The van der Waals surface area contributed by atoms with E-state index >= 15 is 0 Å². The third kappa shape index (κ3) is 1.94. The lowest BCUT2D eigenvalue weighted by Gasteiger charge is -2.42. The molecule has 13 heavy (non-hydrogen) atoms. The molecule has 1 amide bonds. The Morgan fingerprint density at radius 1 is 1.31 bits per heavy atom. The van der Waals surface area contributed by atoms with Crippen LogP contribution in [0.2, 0.25) is 0 Å². The van der Waals surface area contributed by atoms with Crippen LogP contribution in [0.3, 0.4) is 0 Å². The van der Waals surface area contributed by atoms with E-state index in [4.69, 9.17) is 4.74 Å². The third-order valence-electron chi connectivity index (χ3n) is 2.99. The van der Waals surface area contributed by atoms with Gasteiger partial charge in [0, 0.05) is 25.2 Å². The van der Waals surface area contributed by atoms with Crippen LogP contribution in [-0.4, -0.2) is 55.2 Å². The number of piperazine rings is 1. The maximum atomic E-state index is 11.3. The fourth-order valence-corrected chi connectivity index (χ4v) is 1.68. The van der Waals surface area contributed by atoms with Gasteiger partial charge in [-0.3, -0.25) is 4.90 Å². The molecule has 2 unspecified atom stereocenters. The molecule has 76 valence electrons. The van der Waals surface area contributed by atoms with E-state index in [1.54, 1.807) is 4.90 Å². The molecule has 0 radical (unpaired) electrons. The summed E-state index contributed by atoms with van der Waals surface area (Å²) in [6.45, 7) is 5.85. The largest absolute Gasteiger partial charge is 0.453 e. The number of hydrogen-bond donors (Lipinski definition) is 0. The van der Waals surface area contributed by atoms with E-state index in [0.717, 1.165) is 13.1 Å². The summed E-state index contributed by atoms with van der Waals surface area (Å²) < 4.78 is 4.71. The van der Waals surface area contributed by atoms with Gasteiger partial charge in [-0.15, -0.1) is 0 Å². The summed E-state index contributed by atoms with van der Waals surface area (Å²) in [7, 11) is 3.51. The highest BCUT2D eigenvalue weighted by molar-refractivity contribution is 5.68. The maximum absolute atomic E-state index is 11.3.